The standard InChI is InChI=1S/C14H22O4.2C2H6.C2H2/c1-8(2)12-9(6-11(15)16)5-10-7-17-14(3,4)18-13(10)12;3*1-2/h9-10,13H,5-7H2,1-4H3,(H,15,16);2*1-2H3;1-2H/t9?,10-,13+;;;/m0.../s1. The topological polar surface area (TPSA) is 55.8 Å². The van der Waals surface area contributed by atoms with Gasteiger partial charge in [-0.25, -0.2) is 0 Å². The van der Waals surface area contributed by atoms with Crippen molar-refractivity contribution in [1.82, 2.24) is 0 Å². The number of terminal acetylenes is 1. The Bertz CT molecular complexity index is 417. The molecule has 1 heterocycles. The van der Waals surface area contributed by atoms with Crippen molar-refractivity contribution in [1.29, 1.82) is 0 Å². The molecule has 3 atom stereocenters. The van der Waals surface area contributed by atoms with Crippen LogP contribution in [0.15, 0.2) is 11.1 Å². The van der Waals surface area contributed by atoms with Crippen molar-refractivity contribution in [2.45, 2.75) is 80.1 Å². The van der Waals surface area contributed by atoms with Crippen LogP contribution in [0.2, 0.25) is 0 Å². The van der Waals surface area contributed by atoms with Crippen molar-refractivity contribution in [3.63, 3.8) is 0 Å². The van der Waals surface area contributed by atoms with E-state index in [4.69, 9.17) is 14.6 Å². The second-order valence-electron chi connectivity index (χ2n) is 6.00. The number of aliphatic carboxylic acids is 1. The summed E-state index contributed by atoms with van der Waals surface area (Å²) in [4.78, 5) is 11.0. The van der Waals surface area contributed by atoms with E-state index in [0.29, 0.717) is 12.5 Å². The SMILES string of the molecule is C#C.CC.CC.CC(C)=C1C(CC(=O)O)C[C@H]2COC(C)(C)O[C@@H]12. The first-order valence-corrected chi connectivity index (χ1v) is 8.84. The molecule has 0 bridgehead atoms. The number of rotatable bonds is 2. The zero-order valence-corrected chi connectivity index (χ0v) is 16.7. The monoisotopic (exact) mass is 340 g/mol. The van der Waals surface area contributed by atoms with Gasteiger partial charge in [0.15, 0.2) is 5.79 Å². The predicted octanol–water partition coefficient (Wildman–Crippen LogP) is 4.89. The van der Waals surface area contributed by atoms with Gasteiger partial charge in [0.2, 0.25) is 0 Å². The van der Waals surface area contributed by atoms with Crippen molar-refractivity contribution >= 4 is 5.97 Å². The summed E-state index contributed by atoms with van der Waals surface area (Å²) in [6.45, 7) is 16.6. The van der Waals surface area contributed by atoms with E-state index in [-0.39, 0.29) is 18.4 Å². The molecule has 2 rings (SSSR count). The van der Waals surface area contributed by atoms with Gasteiger partial charge in [-0.3, -0.25) is 4.79 Å². The highest BCUT2D eigenvalue weighted by atomic mass is 16.7. The molecule has 1 unspecified atom stereocenters. The molecule has 4 heteroatoms. The van der Waals surface area contributed by atoms with E-state index in [0.717, 1.165) is 6.42 Å². The summed E-state index contributed by atoms with van der Waals surface area (Å²) in [5.74, 6) is -0.912. The van der Waals surface area contributed by atoms with Gasteiger partial charge < -0.3 is 14.6 Å². The number of allylic oxidation sites excluding steroid dienone is 1. The lowest BCUT2D eigenvalue weighted by Crippen LogP contribution is -2.44. The van der Waals surface area contributed by atoms with Gasteiger partial charge in [0.1, 0.15) is 0 Å². The molecule has 1 aliphatic heterocycles. The quantitative estimate of drug-likeness (QED) is 0.574. The van der Waals surface area contributed by atoms with E-state index in [1.165, 1.54) is 11.1 Å². The summed E-state index contributed by atoms with van der Waals surface area (Å²) < 4.78 is 11.7. The molecular formula is C20H36O4. The Hall–Kier alpha value is -1.31. The van der Waals surface area contributed by atoms with Gasteiger partial charge in [0.05, 0.1) is 19.1 Å². The number of fused-ring (bicyclic) bond motifs is 1. The molecule has 1 saturated heterocycles. The first-order chi connectivity index (χ1) is 11.3. The van der Waals surface area contributed by atoms with Gasteiger partial charge in [0.25, 0.3) is 0 Å². The lowest BCUT2D eigenvalue weighted by molar-refractivity contribution is -0.279. The Morgan fingerprint density at radius 3 is 2.12 bits per heavy atom. The highest BCUT2D eigenvalue weighted by molar-refractivity contribution is 5.68. The molecule has 0 amide bonds. The molecule has 2 aliphatic rings. The van der Waals surface area contributed by atoms with Crippen molar-refractivity contribution in [3.05, 3.63) is 11.1 Å². The minimum atomic E-state index is -0.738. The van der Waals surface area contributed by atoms with Crippen molar-refractivity contribution < 1.29 is 19.4 Å². The molecule has 0 aromatic carbocycles. The summed E-state index contributed by atoms with van der Waals surface area (Å²) in [7, 11) is 0. The molecule has 0 spiro atoms. The molecule has 140 valence electrons. The average molecular weight is 341 g/mol. The van der Waals surface area contributed by atoms with Crippen molar-refractivity contribution in [2.24, 2.45) is 11.8 Å². The fourth-order valence-electron chi connectivity index (χ4n) is 3.16. The van der Waals surface area contributed by atoms with E-state index in [1.807, 2.05) is 55.4 Å². The normalized spacial score (nSPS) is 26.2. The van der Waals surface area contributed by atoms with Crippen molar-refractivity contribution in [3.8, 4) is 12.8 Å². The van der Waals surface area contributed by atoms with Crippen LogP contribution in [-0.2, 0) is 14.3 Å². The lowest BCUT2D eigenvalue weighted by atomic mass is 9.94. The molecule has 4 nitrogen and oxygen atoms in total. The molecule has 1 saturated carbocycles. The maximum absolute atomic E-state index is 11.0. The van der Waals surface area contributed by atoms with Gasteiger partial charge in [-0.15, -0.1) is 12.8 Å². The largest absolute Gasteiger partial charge is 0.481 e. The Morgan fingerprint density at radius 1 is 1.21 bits per heavy atom. The smallest absolute Gasteiger partial charge is 0.303 e. The van der Waals surface area contributed by atoms with E-state index in [9.17, 15) is 4.79 Å². The zero-order chi connectivity index (χ0) is 19.5. The molecule has 24 heavy (non-hydrogen) atoms. The summed E-state index contributed by atoms with van der Waals surface area (Å²) in [5, 5.41) is 9.02. The Balaban J connectivity index is 0. The second-order valence-corrected chi connectivity index (χ2v) is 6.00. The second kappa shape index (κ2) is 12.1. The predicted molar refractivity (Wildman–Crippen MR) is 99.7 cm³/mol. The third-order valence-electron chi connectivity index (χ3n) is 3.82. The first kappa shape index (κ1) is 24.9. The number of carboxylic acid groups (broad SMARTS) is 1. The number of carbonyl (C=O) groups is 1. The van der Waals surface area contributed by atoms with Crippen LogP contribution >= 0.6 is 0 Å². The minimum absolute atomic E-state index is 0.0306. The van der Waals surface area contributed by atoms with Gasteiger partial charge in [-0.2, -0.15) is 0 Å². The first-order valence-electron chi connectivity index (χ1n) is 8.84. The summed E-state index contributed by atoms with van der Waals surface area (Å²) in [5.41, 5.74) is 2.37. The van der Waals surface area contributed by atoms with Crippen LogP contribution in [-0.4, -0.2) is 29.6 Å². The van der Waals surface area contributed by atoms with Crippen LogP contribution in [0.1, 0.15) is 68.2 Å². The molecule has 0 aromatic heterocycles. The summed E-state index contributed by atoms with van der Waals surface area (Å²) in [6.07, 6.45) is 9.08. The number of hydrogen-bond donors (Lipinski definition) is 1. The van der Waals surface area contributed by atoms with Gasteiger partial charge >= 0.3 is 5.97 Å². The molecular weight excluding hydrogens is 304 g/mol. The van der Waals surface area contributed by atoms with Crippen LogP contribution in [0, 0.1) is 24.7 Å². The Labute approximate surface area is 148 Å². The molecule has 0 aromatic rings. The summed E-state index contributed by atoms with van der Waals surface area (Å²) >= 11 is 0. The number of hydrogen-bond acceptors (Lipinski definition) is 3. The lowest BCUT2D eigenvalue weighted by Gasteiger charge is -2.38. The average Bonchev–Trinajstić information content (AvgIpc) is 2.88. The van der Waals surface area contributed by atoms with Crippen LogP contribution in [0.5, 0.6) is 0 Å². The third-order valence-corrected chi connectivity index (χ3v) is 3.82. The molecule has 1 N–H and O–H groups in total. The van der Waals surface area contributed by atoms with E-state index in [1.54, 1.807) is 0 Å². The van der Waals surface area contributed by atoms with Crippen LogP contribution < -0.4 is 0 Å². The maximum atomic E-state index is 11.0. The van der Waals surface area contributed by atoms with Crippen LogP contribution in [0.25, 0.3) is 0 Å². The fourth-order valence-corrected chi connectivity index (χ4v) is 3.16. The third kappa shape index (κ3) is 7.07. The van der Waals surface area contributed by atoms with Crippen molar-refractivity contribution in [2.75, 3.05) is 6.61 Å². The van der Waals surface area contributed by atoms with Crippen LogP contribution in [0.4, 0.5) is 0 Å². The minimum Gasteiger partial charge on any atom is -0.481 e. The van der Waals surface area contributed by atoms with Gasteiger partial charge in [-0.05, 0) is 45.6 Å². The molecule has 0 radical (unpaired) electrons. The highest BCUT2D eigenvalue weighted by Gasteiger charge is 2.46. The zero-order valence-electron chi connectivity index (χ0n) is 16.7. The van der Waals surface area contributed by atoms with E-state index >= 15 is 0 Å². The molecule has 2 fully saturated rings. The number of carboxylic acids is 1. The maximum Gasteiger partial charge on any atom is 0.303 e. The Kier molecular flexibility index (Phi) is 12.6. The highest BCUT2D eigenvalue weighted by Crippen LogP contribution is 2.46. The van der Waals surface area contributed by atoms with Gasteiger partial charge in [0, 0.05) is 5.92 Å². The van der Waals surface area contributed by atoms with Crippen LogP contribution in [0.3, 0.4) is 0 Å². The molecule has 1 aliphatic carbocycles. The van der Waals surface area contributed by atoms with E-state index < -0.39 is 11.8 Å². The fraction of sp³-hybridized carbons (Fsp3) is 0.750. The number of ether oxygens (including phenoxy) is 2. The summed E-state index contributed by atoms with van der Waals surface area (Å²) in [6, 6.07) is 0. The van der Waals surface area contributed by atoms with Gasteiger partial charge in [-0.1, -0.05) is 33.3 Å². The Morgan fingerprint density at radius 2 is 1.71 bits per heavy atom. The van der Waals surface area contributed by atoms with E-state index in [2.05, 4.69) is 12.8 Å².